The Morgan fingerprint density at radius 1 is 1.15 bits per heavy atom. The van der Waals surface area contributed by atoms with Crippen molar-refractivity contribution in [1.29, 1.82) is 0 Å². The van der Waals surface area contributed by atoms with Crippen LogP contribution in [0.5, 0.6) is 0 Å². The van der Waals surface area contributed by atoms with Crippen molar-refractivity contribution in [2.24, 2.45) is 0 Å². The number of sulfonamides is 1. The highest BCUT2D eigenvalue weighted by molar-refractivity contribution is 7.92. The van der Waals surface area contributed by atoms with Gasteiger partial charge in [-0.2, -0.15) is 0 Å². The molecule has 4 rings (SSSR count). The molecule has 2 aromatic heterocycles. The van der Waals surface area contributed by atoms with Gasteiger partial charge in [0, 0.05) is 35.6 Å². The van der Waals surface area contributed by atoms with E-state index in [2.05, 4.69) is 15.0 Å². The molecule has 0 spiro atoms. The zero-order chi connectivity index (χ0) is 23.8. The normalized spacial score (nSPS) is 13.9. The van der Waals surface area contributed by atoms with E-state index in [9.17, 15) is 18.0 Å². The van der Waals surface area contributed by atoms with Crippen molar-refractivity contribution in [1.82, 2.24) is 9.55 Å². The Hall–Kier alpha value is -3.37. The third-order valence-corrected chi connectivity index (χ3v) is 5.92. The first kappa shape index (κ1) is 22.8. The van der Waals surface area contributed by atoms with E-state index in [1.165, 1.54) is 18.2 Å². The number of halogens is 1. The zero-order valence-electron chi connectivity index (χ0n) is 18.0. The molecular formula is C22H22ClN5O4S. The van der Waals surface area contributed by atoms with E-state index in [0.717, 1.165) is 24.1 Å². The number of benzene rings is 1. The molecule has 9 nitrogen and oxygen atoms in total. The SMILES string of the molecule is Cc1cc(C(=O)Nc2cc(Cl)cc(NS(C)(=O)=O)c2)cn1-c1ccc(N2CCCC2=O)cn1. The summed E-state index contributed by atoms with van der Waals surface area (Å²) in [5.74, 6) is 0.324. The molecule has 1 aliphatic heterocycles. The number of carbonyl (C=O) groups excluding carboxylic acids is 2. The second-order valence-corrected chi connectivity index (χ2v) is 10.0. The van der Waals surface area contributed by atoms with Gasteiger partial charge in [0.05, 0.1) is 29.4 Å². The maximum Gasteiger partial charge on any atom is 0.257 e. The van der Waals surface area contributed by atoms with Crippen LogP contribution in [0.3, 0.4) is 0 Å². The number of amides is 2. The third kappa shape index (κ3) is 5.35. The van der Waals surface area contributed by atoms with Crippen molar-refractivity contribution in [3.8, 4) is 5.82 Å². The second kappa shape index (κ2) is 8.87. The number of hydrogen-bond donors (Lipinski definition) is 2. The Kier molecular flexibility index (Phi) is 6.13. The lowest BCUT2D eigenvalue weighted by atomic mass is 10.2. The lowest BCUT2D eigenvalue weighted by Gasteiger charge is -2.15. The Bertz CT molecular complexity index is 1340. The van der Waals surface area contributed by atoms with E-state index in [-0.39, 0.29) is 22.5 Å². The molecule has 172 valence electrons. The van der Waals surface area contributed by atoms with Gasteiger partial charge in [-0.3, -0.25) is 14.3 Å². The highest BCUT2D eigenvalue weighted by atomic mass is 35.5. The van der Waals surface area contributed by atoms with Gasteiger partial charge in [0.15, 0.2) is 0 Å². The van der Waals surface area contributed by atoms with Crippen molar-refractivity contribution < 1.29 is 18.0 Å². The molecule has 1 aromatic carbocycles. The van der Waals surface area contributed by atoms with Gasteiger partial charge in [-0.15, -0.1) is 0 Å². The van der Waals surface area contributed by atoms with Crippen molar-refractivity contribution in [3.63, 3.8) is 0 Å². The Balaban J connectivity index is 1.52. The Labute approximate surface area is 196 Å². The van der Waals surface area contributed by atoms with E-state index >= 15 is 0 Å². The van der Waals surface area contributed by atoms with Crippen molar-refractivity contribution in [2.75, 3.05) is 27.7 Å². The molecule has 1 aliphatic rings. The number of nitrogens with one attached hydrogen (secondary N) is 2. The number of pyridine rings is 1. The smallest absolute Gasteiger partial charge is 0.257 e. The summed E-state index contributed by atoms with van der Waals surface area (Å²) in [7, 11) is -3.49. The molecule has 3 aromatic rings. The van der Waals surface area contributed by atoms with E-state index in [4.69, 9.17) is 11.6 Å². The van der Waals surface area contributed by atoms with E-state index < -0.39 is 10.0 Å². The van der Waals surface area contributed by atoms with Gasteiger partial charge in [0.2, 0.25) is 15.9 Å². The van der Waals surface area contributed by atoms with Gasteiger partial charge in [0.1, 0.15) is 5.82 Å². The number of anilines is 3. The van der Waals surface area contributed by atoms with Crippen LogP contribution in [0, 0.1) is 6.92 Å². The van der Waals surface area contributed by atoms with Crippen molar-refractivity contribution in [2.45, 2.75) is 19.8 Å². The molecule has 11 heteroatoms. The summed E-state index contributed by atoms with van der Waals surface area (Å²) in [6.45, 7) is 2.54. The van der Waals surface area contributed by atoms with Gasteiger partial charge < -0.3 is 14.8 Å². The Morgan fingerprint density at radius 2 is 1.91 bits per heavy atom. The first-order chi connectivity index (χ1) is 15.6. The predicted molar refractivity (Wildman–Crippen MR) is 128 cm³/mol. The molecular weight excluding hydrogens is 466 g/mol. The minimum Gasteiger partial charge on any atom is -0.322 e. The Morgan fingerprint density at radius 3 is 2.55 bits per heavy atom. The molecule has 0 unspecified atom stereocenters. The fraction of sp³-hybridized carbons (Fsp3) is 0.227. The molecule has 0 saturated carbocycles. The average Bonchev–Trinajstić information content (AvgIpc) is 3.32. The molecule has 2 amide bonds. The summed E-state index contributed by atoms with van der Waals surface area (Å²) in [6, 6.07) is 9.81. The standard InChI is InChI=1S/C22H22ClN5O4S/c1-14-8-15(22(30)25-17-9-16(23)10-18(11-17)26-33(2,31)32)13-28(14)20-6-5-19(12-24-20)27-7-3-4-21(27)29/h5-6,8-13,26H,3-4,7H2,1-2H3,(H,25,30). The largest absolute Gasteiger partial charge is 0.322 e. The number of aryl methyl sites for hydroxylation is 1. The maximum absolute atomic E-state index is 12.8. The lowest BCUT2D eigenvalue weighted by Crippen LogP contribution is -2.23. The summed E-state index contributed by atoms with van der Waals surface area (Å²) in [5, 5.41) is 3.00. The average molecular weight is 488 g/mol. The van der Waals surface area contributed by atoms with Gasteiger partial charge in [-0.25, -0.2) is 13.4 Å². The van der Waals surface area contributed by atoms with Crippen LogP contribution in [0.1, 0.15) is 28.9 Å². The van der Waals surface area contributed by atoms with Crippen LogP contribution in [0.25, 0.3) is 5.82 Å². The van der Waals surface area contributed by atoms with Crippen LogP contribution in [-0.4, -0.2) is 42.6 Å². The van der Waals surface area contributed by atoms with E-state index in [0.29, 0.717) is 30.0 Å². The number of carbonyl (C=O) groups is 2. The summed E-state index contributed by atoms with van der Waals surface area (Å²) in [4.78, 5) is 30.9. The number of nitrogens with zero attached hydrogens (tertiary/aromatic N) is 3. The molecule has 33 heavy (non-hydrogen) atoms. The molecule has 0 aliphatic carbocycles. The monoisotopic (exact) mass is 487 g/mol. The van der Waals surface area contributed by atoms with E-state index in [1.54, 1.807) is 34.0 Å². The quantitative estimate of drug-likeness (QED) is 0.551. The maximum atomic E-state index is 12.8. The van der Waals surface area contributed by atoms with Crippen LogP contribution < -0.4 is 14.9 Å². The third-order valence-electron chi connectivity index (χ3n) is 5.10. The second-order valence-electron chi connectivity index (χ2n) is 7.82. The lowest BCUT2D eigenvalue weighted by molar-refractivity contribution is -0.117. The van der Waals surface area contributed by atoms with Crippen LogP contribution in [-0.2, 0) is 14.8 Å². The minimum absolute atomic E-state index is 0.0940. The van der Waals surface area contributed by atoms with Gasteiger partial charge in [-0.05, 0) is 49.7 Å². The van der Waals surface area contributed by atoms with Crippen LogP contribution in [0.2, 0.25) is 5.02 Å². The van der Waals surface area contributed by atoms with Crippen molar-refractivity contribution >= 4 is 50.5 Å². The fourth-order valence-electron chi connectivity index (χ4n) is 3.68. The molecule has 1 saturated heterocycles. The minimum atomic E-state index is -3.49. The van der Waals surface area contributed by atoms with E-state index in [1.807, 2.05) is 13.0 Å². The molecule has 3 heterocycles. The molecule has 2 N–H and O–H groups in total. The highest BCUT2D eigenvalue weighted by Gasteiger charge is 2.22. The summed E-state index contributed by atoms with van der Waals surface area (Å²) in [6.07, 6.45) is 5.73. The summed E-state index contributed by atoms with van der Waals surface area (Å²) >= 11 is 6.06. The molecule has 1 fully saturated rings. The fourth-order valence-corrected chi connectivity index (χ4v) is 4.46. The molecule has 0 bridgehead atoms. The first-order valence-corrected chi connectivity index (χ1v) is 12.4. The number of rotatable bonds is 6. The zero-order valence-corrected chi connectivity index (χ0v) is 19.6. The van der Waals surface area contributed by atoms with Crippen LogP contribution in [0.4, 0.5) is 17.1 Å². The van der Waals surface area contributed by atoms with Crippen LogP contribution >= 0.6 is 11.6 Å². The van der Waals surface area contributed by atoms with Gasteiger partial charge in [0.25, 0.3) is 5.91 Å². The van der Waals surface area contributed by atoms with Gasteiger partial charge in [-0.1, -0.05) is 11.6 Å². The topological polar surface area (TPSA) is 113 Å². The number of aromatic nitrogens is 2. The first-order valence-electron chi connectivity index (χ1n) is 10.1. The molecule has 0 atom stereocenters. The molecule has 0 radical (unpaired) electrons. The van der Waals surface area contributed by atoms with Crippen LogP contribution in [0.15, 0.2) is 48.8 Å². The summed E-state index contributed by atoms with van der Waals surface area (Å²) < 4.78 is 27.1. The van der Waals surface area contributed by atoms with Crippen molar-refractivity contribution in [3.05, 3.63) is 65.1 Å². The summed E-state index contributed by atoms with van der Waals surface area (Å²) in [5.41, 5.74) is 2.54. The van der Waals surface area contributed by atoms with Gasteiger partial charge >= 0.3 is 0 Å². The predicted octanol–water partition coefficient (Wildman–Crippen LogP) is 3.58. The number of hydrogen-bond acceptors (Lipinski definition) is 5. The highest BCUT2D eigenvalue weighted by Crippen LogP contribution is 2.25.